The van der Waals surface area contributed by atoms with E-state index >= 15 is 0 Å². The van der Waals surface area contributed by atoms with Crippen molar-refractivity contribution in [1.82, 2.24) is 20.4 Å². The molecule has 1 aliphatic heterocycles. The topological polar surface area (TPSA) is 60.0 Å². The predicted molar refractivity (Wildman–Crippen MR) is 111 cm³/mol. The smallest absolute Gasteiger partial charge is 0.224 e. The van der Waals surface area contributed by atoms with E-state index in [9.17, 15) is 4.79 Å². The van der Waals surface area contributed by atoms with Crippen molar-refractivity contribution in [2.75, 3.05) is 52.4 Å². The number of amides is 1. The molecular formula is C20H41N5O. The highest BCUT2D eigenvalue weighted by Gasteiger charge is 2.14. The Hall–Kier alpha value is -1.30. The first-order chi connectivity index (χ1) is 12.6. The van der Waals surface area contributed by atoms with E-state index in [1.54, 1.807) is 0 Å². The Morgan fingerprint density at radius 3 is 2.42 bits per heavy atom. The van der Waals surface area contributed by atoms with Gasteiger partial charge in [0, 0.05) is 39.1 Å². The molecule has 0 aromatic rings. The first-order valence-corrected chi connectivity index (χ1v) is 10.6. The Bertz CT molecular complexity index is 401. The van der Waals surface area contributed by atoms with E-state index in [2.05, 4.69) is 34.4 Å². The second-order valence-corrected chi connectivity index (χ2v) is 7.23. The van der Waals surface area contributed by atoms with Gasteiger partial charge in [0.1, 0.15) is 0 Å². The van der Waals surface area contributed by atoms with E-state index in [0.717, 1.165) is 44.5 Å². The van der Waals surface area contributed by atoms with E-state index in [-0.39, 0.29) is 5.91 Å². The number of hydrogen-bond acceptors (Lipinski definition) is 3. The van der Waals surface area contributed by atoms with Crippen LogP contribution in [0.25, 0.3) is 0 Å². The number of carbonyl (C=O) groups excluding carboxylic acids is 1. The van der Waals surface area contributed by atoms with Crippen LogP contribution in [0.4, 0.5) is 0 Å². The molecule has 0 bridgehead atoms. The van der Waals surface area contributed by atoms with Crippen molar-refractivity contribution in [2.24, 2.45) is 10.9 Å². The number of hydrogen-bond donors (Lipinski definition) is 2. The van der Waals surface area contributed by atoms with Gasteiger partial charge in [0.05, 0.1) is 0 Å². The zero-order chi connectivity index (χ0) is 19.2. The van der Waals surface area contributed by atoms with Crippen LogP contribution in [0.3, 0.4) is 0 Å². The Morgan fingerprint density at radius 2 is 1.81 bits per heavy atom. The van der Waals surface area contributed by atoms with Crippen molar-refractivity contribution in [3.05, 3.63) is 0 Å². The number of carbonyl (C=O) groups is 1. The van der Waals surface area contributed by atoms with Gasteiger partial charge in [-0.15, -0.1) is 0 Å². The molecule has 26 heavy (non-hydrogen) atoms. The third-order valence-corrected chi connectivity index (χ3v) is 5.12. The van der Waals surface area contributed by atoms with Crippen LogP contribution in [0.5, 0.6) is 0 Å². The zero-order valence-corrected chi connectivity index (χ0v) is 17.5. The summed E-state index contributed by atoms with van der Waals surface area (Å²) < 4.78 is 0. The maximum atomic E-state index is 12.0. The minimum absolute atomic E-state index is 0.203. The van der Waals surface area contributed by atoms with E-state index < -0.39 is 0 Å². The van der Waals surface area contributed by atoms with Crippen molar-refractivity contribution < 1.29 is 4.79 Å². The number of nitrogens with one attached hydrogen (secondary N) is 2. The average Bonchev–Trinajstić information content (AvgIpc) is 2.64. The molecule has 2 N–H and O–H groups in total. The van der Waals surface area contributed by atoms with Crippen LogP contribution >= 0.6 is 0 Å². The Morgan fingerprint density at radius 1 is 1.12 bits per heavy atom. The van der Waals surface area contributed by atoms with Gasteiger partial charge in [-0.2, -0.15) is 0 Å². The molecule has 0 saturated carbocycles. The fraction of sp³-hybridized carbons (Fsp3) is 0.900. The summed E-state index contributed by atoms with van der Waals surface area (Å²) >= 11 is 0. The molecule has 0 spiro atoms. The van der Waals surface area contributed by atoms with Crippen LogP contribution < -0.4 is 10.6 Å². The number of nitrogens with zero attached hydrogens (tertiary/aromatic N) is 3. The van der Waals surface area contributed by atoms with Crippen LogP contribution in [-0.2, 0) is 4.79 Å². The quantitative estimate of drug-likeness (QED) is 0.334. The van der Waals surface area contributed by atoms with Gasteiger partial charge in [-0.05, 0) is 72.0 Å². The summed E-state index contributed by atoms with van der Waals surface area (Å²) in [6.45, 7) is 16.0. The van der Waals surface area contributed by atoms with Gasteiger partial charge < -0.3 is 20.4 Å². The van der Waals surface area contributed by atoms with Gasteiger partial charge in [-0.1, -0.05) is 6.92 Å². The lowest BCUT2D eigenvalue weighted by atomic mass is 9.99. The zero-order valence-electron chi connectivity index (χ0n) is 17.5. The van der Waals surface area contributed by atoms with Gasteiger partial charge in [0.2, 0.25) is 5.91 Å². The Labute approximate surface area is 160 Å². The van der Waals surface area contributed by atoms with Crippen LogP contribution in [0.2, 0.25) is 0 Å². The summed E-state index contributed by atoms with van der Waals surface area (Å²) in [5, 5.41) is 6.54. The van der Waals surface area contributed by atoms with Crippen molar-refractivity contribution >= 4 is 11.9 Å². The molecule has 1 fully saturated rings. The van der Waals surface area contributed by atoms with Gasteiger partial charge in [0.25, 0.3) is 0 Å². The summed E-state index contributed by atoms with van der Waals surface area (Å²) in [4.78, 5) is 21.1. The molecular weight excluding hydrogens is 326 g/mol. The summed E-state index contributed by atoms with van der Waals surface area (Å²) in [7, 11) is 0. The van der Waals surface area contributed by atoms with Crippen LogP contribution in [0.1, 0.15) is 59.8 Å². The molecule has 0 aromatic heterocycles. The van der Waals surface area contributed by atoms with Gasteiger partial charge in [-0.3, -0.25) is 9.79 Å². The first-order valence-electron chi connectivity index (χ1n) is 10.6. The highest BCUT2D eigenvalue weighted by atomic mass is 16.2. The normalized spacial score (nSPS) is 16.5. The third-order valence-electron chi connectivity index (χ3n) is 5.12. The molecule has 0 radical (unpaired) electrons. The molecule has 1 rings (SSSR count). The summed E-state index contributed by atoms with van der Waals surface area (Å²) in [6, 6.07) is 0. The van der Waals surface area contributed by atoms with E-state index in [4.69, 9.17) is 0 Å². The molecule has 0 unspecified atom stereocenters. The number of unbranched alkanes of at least 4 members (excludes halogenated alkanes) is 1. The standard InChI is InChI=1S/C20H41N5O/c1-5-21-20(23-14-10-19(26)25(6-2)7-3)22-13-8-9-15-24-16-11-18(4)12-17-24/h18H,5-17H2,1-4H3,(H2,21,22,23). The molecule has 6 heteroatoms. The van der Waals surface area contributed by atoms with Gasteiger partial charge >= 0.3 is 0 Å². The molecule has 0 aromatic carbocycles. The van der Waals surface area contributed by atoms with Crippen molar-refractivity contribution in [3.8, 4) is 0 Å². The van der Waals surface area contributed by atoms with Crippen molar-refractivity contribution in [3.63, 3.8) is 0 Å². The maximum absolute atomic E-state index is 12.0. The second-order valence-electron chi connectivity index (χ2n) is 7.23. The first kappa shape index (κ1) is 22.7. The minimum Gasteiger partial charge on any atom is -0.357 e. The molecule has 1 saturated heterocycles. The Kier molecular flexibility index (Phi) is 12.1. The van der Waals surface area contributed by atoms with E-state index in [1.165, 1.54) is 38.9 Å². The Balaban J connectivity index is 2.20. The molecule has 1 heterocycles. The predicted octanol–water partition coefficient (Wildman–Crippen LogP) is 2.31. The SMILES string of the molecule is CCNC(=NCCCCN1CCC(C)CC1)NCCC(=O)N(CC)CC. The summed E-state index contributed by atoms with van der Waals surface area (Å²) in [5.74, 6) is 1.93. The summed E-state index contributed by atoms with van der Waals surface area (Å²) in [6.07, 6.45) is 5.52. The molecule has 6 nitrogen and oxygen atoms in total. The molecule has 152 valence electrons. The highest BCUT2D eigenvalue weighted by Crippen LogP contribution is 2.16. The van der Waals surface area contributed by atoms with Crippen LogP contribution in [0, 0.1) is 5.92 Å². The van der Waals surface area contributed by atoms with Gasteiger partial charge in [0.15, 0.2) is 5.96 Å². The van der Waals surface area contributed by atoms with E-state index in [0.29, 0.717) is 13.0 Å². The lowest BCUT2D eigenvalue weighted by molar-refractivity contribution is -0.130. The lowest BCUT2D eigenvalue weighted by Crippen LogP contribution is -2.40. The van der Waals surface area contributed by atoms with Crippen LogP contribution in [0.15, 0.2) is 4.99 Å². The van der Waals surface area contributed by atoms with E-state index in [1.807, 2.05) is 18.7 Å². The molecule has 0 atom stereocenters. The number of piperidine rings is 1. The average molecular weight is 368 g/mol. The monoisotopic (exact) mass is 367 g/mol. The van der Waals surface area contributed by atoms with Gasteiger partial charge in [-0.25, -0.2) is 0 Å². The minimum atomic E-state index is 0.203. The number of guanidine groups is 1. The second kappa shape index (κ2) is 13.8. The van der Waals surface area contributed by atoms with Crippen molar-refractivity contribution in [1.29, 1.82) is 0 Å². The van der Waals surface area contributed by atoms with Crippen LogP contribution in [-0.4, -0.2) is 74.0 Å². The number of aliphatic imine (C=N–C) groups is 1. The maximum Gasteiger partial charge on any atom is 0.224 e. The third kappa shape index (κ3) is 9.41. The molecule has 1 aliphatic rings. The molecule has 0 aliphatic carbocycles. The summed E-state index contributed by atoms with van der Waals surface area (Å²) in [5.41, 5.74) is 0. The van der Waals surface area contributed by atoms with Crippen molar-refractivity contribution in [2.45, 2.75) is 59.8 Å². The molecule has 1 amide bonds. The number of rotatable bonds is 11. The highest BCUT2D eigenvalue weighted by molar-refractivity contribution is 5.81. The fourth-order valence-corrected chi connectivity index (χ4v) is 3.29. The largest absolute Gasteiger partial charge is 0.357 e. The lowest BCUT2D eigenvalue weighted by Gasteiger charge is -2.30. The fourth-order valence-electron chi connectivity index (χ4n) is 3.29. The number of likely N-dealkylation sites (tertiary alicyclic amines) is 1.